The monoisotopic (exact) mass is 233 g/mol. The molecule has 0 amide bonds. The van der Waals surface area contributed by atoms with Crippen molar-refractivity contribution in [3.05, 3.63) is 22.1 Å². The highest BCUT2D eigenvalue weighted by Crippen LogP contribution is 2.17. The molecule has 0 fully saturated rings. The number of hydrogen-bond donors (Lipinski definition) is 1. The van der Waals surface area contributed by atoms with Crippen molar-refractivity contribution in [2.24, 2.45) is 0 Å². The minimum Gasteiger partial charge on any atom is -0.270 e. The molecule has 1 N–H and O–H groups in total. The van der Waals surface area contributed by atoms with Gasteiger partial charge in [0.2, 0.25) is 0 Å². The van der Waals surface area contributed by atoms with E-state index in [9.17, 15) is 4.79 Å². The molecule has 1 aromatic rings. The van der Waals surface area contributed by atoms with Gasteiger partial charge in [0, 0.05) is 17.3 Å². The second-order valence-corrected chi connectivity index (χ2v) is 4.25. The highest BCUT2D eigenvalue weighted by Gasteiger charge is 2.07. The van der Waals surface area contributed by atoms with E-state index < -0.39 is 0 Å². The maximum atomic E-state index is 11.3. The summed E-state index contributed by atoms with van der Waals surface area (Å²) in [7, 11) is 0. The molecule has 0 saturated heterocycles. The lowest BCUT2D eigenvalue weighted by Gasteiger charge is -2.01. The summed E-state index contributed by atoms with van der Waals surface area (Å²) in [6.45, 7) is 6.25. The number of H-pyrrole nitrogens is 1. The smallest absolute Gasteiger partial charge is 0.270 e. The number of nitrogens with one attached hydrogen (secondary N) is 1. The zero-order chi connectivity index (χ0) is 10.6. The summed E-state index contributed by atoms with van der Waals surface area (Å²) in [6.07, 6.45) is 0.898. The fourth-order valence-electron chi connectivity index (χ4n) is 0.977. The Balaban J connectivity index is 2.75. The number of aromatic nitrogens is 3. The number of rotatable bonds is 5. The molecule has 1 aromatic heterocycles. The first-order chi connectivity index (χ1) is 6.65. The van der Waals surface area contributed by atoms with Gasteiger partial charge < -0.3 is 0 Å². The molecule has 1 heterocycles. The largest absolute Gasteiger partial charge is 0.343 e. The molecule has 1 rings (SSSR count). The maximum Gasteiger partial charge on any atom is 0.343 e. The standard InChI is InChI=1S/C8H12ClN3OS/c1-3-4-12-7(13)10-11-8(12)14-5-6(2)9/h2-5H2,1H3,(H,10,13). The van der Waals surface area contributed by atoms with Gasteiger partial charge in [-0.1, -0.05) is 36.9 Å². The van der Waals surface area contributed by atoms with E-state index in [-0.39, 0.29) is 5.69 Å². The van der Waals surface area contributed by atoms with E-state index in [2.05, 4.69) is 16.8 Å². The van der Waals surface area contributed by atoms with Gasteiger partial charge in [-0.25, -0.2) is 9.89 Å². The zero-order valence-corrected chi connectivity index (χ0v) is 9.49. The van der Waals surface area contributed by atoms with Crippen LogP contribution in [0.1, 0.15) is 13.3 Å². The van der Waals surface area contributed by atoms with Gasteiger partial charge in [-0.2, -0.15) is 0 Å². The number of aromatic amines is 1. The predicted octanol–water partition coefficient (Wildman–Crippen LogP) is 1.83. The number of hydrogen-bond acceptors (Lipinski definition) is 3. The first-order valence-corrected chi connectivity index (χ1v) is 5.62. The van der Waals surface area contributed by atoms with E-state index in [0.717, 1.165) is 6.42 Å². The molecule has 0 aliphatic heterocycles. The molecular weight excluding hydrogens is 222 g/mol. The first kappa shape index (κ1) is 11.4. The summed E-state index contributed by atoms with van der Waals surface area (Å²) in [5.74, 6) is 0.565. The summed E-state index contributed by atoms with van der Waals surface area (Å²) < 4.78 is 1.60. The van der Waals surface area contributed by atoms with E-state index in [0.29, 0.717) is 22.5 Å². The quantitative estimate of drug-likeness (QED) is 0.790. The Morgan fingerprint density at radius 3 is 3.07 bits per heavy atom. The normalized spacial score (nSPS) is 10.4. The van der Waals surface area contributed by atoms with Crippen LogP contribution in [-0.4, -0.2) is 20.5 Å². The van der Waals surface area contributed by atoms with Crippen molar-refractivity contribution in [2.45, 2.75) is 25.0 Å². The number of halogens is 1. The molecule has 0 unspecified atom stereocenters. The predicted molar refractivity (Wildman–Crippen MR) is 58.9 cm³/mol. The lowest BCUT2D eigenvalue weighted by molar-refractivity contribution is 0.604. The van der Waals surface area contributed by atoms with Crippen molar-refractivity contribution in [2.75, 3.05) is 5.75 Å². The Morgan fingerprint density at radius 1 is 1.79 bits per heavy atom. The van der Waals surface area contributed by atoms with Crippen LogP contribution in [0.15, 0.2) is 21.6 Å². The molecule has 78 valence electrons. The SMILES string of the molecule is C=C(Cl)CSc1n[nH]c(=O)n1CCC. The molecule has 0 bridgehead atoms. The maximum absolute atomic E-state index is 11.3. The van der Waals surface area contributed by atoms with Crippen LogP contribution in [0.5, 0.6) is 0 Å². The van der Waals surface area contributed by atoms with E-state index >= 15 is 0 Å². The fraction of sp³-hybridized carbons (Fsp3) is 0.500. The summed E-state index contributed by atoms with van der Waals surface area (Å²) >= 11 is 7.03. The number of thioether (sulfide) groups is 1. The van der Waals surface area contributed by atoms with Gasteiger partial charge >= 0.3 is 5.69 Å². The lowest BCUT2D eigenvalue weighted by atomic mass is 10.5. The summed E-state index contributed by atoms with van der Waals surface area (Å²) in [5, 5.41) is 7.52. The van der Waals surface area contributed by atoms with E-state index in [1.807, 2.05) is 6.92 Å². The molecule has 6 heteroatoms. The topological polar surface area (TPSA) is 50.7 Å². The summed E-state index contributed by atoms with van der Waals surface area (Å²) in [5.41, 5.74) is -0.172. The third kappa shape index (κ3) is 2.92. The fourth-order valence-corrected chi connectivity index (χ4v) is 1.87. The van der Waals surface area contributed by atoms with Crippen molar-refractivity contribution in [1.29, 1.82) is 0 Å². The second kappa shape index (κ2) is 5.26. The Bertz CT molecular complexity index is 371. The van der Waals surface area contributed by atoms with Crippen molar-refractivity contribution in [1.82, 2.24) is 14.8 Å². The van der Waals surface area contributed by atoms with Crippen LogP contribution >= 0.6 is 23.4 Å². The van der Waals surface area contributed by atoms with Gasteiger partial charge in [-0.3, -0.25) is 4.57 Å². The van der Waals surface area contributed by atoms with Crippen molar-refractivity contribution in [3.63, 3.8) is 0 Å². The second-order valence-electron chi connectivity index (χ2n) is 2.77. The minimum absolute atomic E-state index is 0.172. The molecule has 0 radical (unpaired) electrons. The highest BCUT2D eigenvalue weighted by atomic mass is 35.5. The minimum atomic E-state index is -0.172. The Kier molecular flexibility index (Phi) is 4.28. The lowest BCUT2D eigenvalue weighted by Crippen LogP contribution is -2.17. The van der Waals surface area contributed by atoms with Gasteiger partial charge in [0.15, 0.2) is 5.16 Å². The van der Waals surface area contributed by atoms with Crippen LogP contribution < -0.4 is 5.69 Å². The molecular formula is C8H12ClN3OS. The summed E-state index contributed by atoms with van der Waals surface area (Å²) in [6, 6.07) is 0. The van der Waals surface area contributed by atoms with Gasteiger partial charge in [0.1, 0.15) is 0 Å². The van der Waals surface area contributed by atoms with Crippen molar-refractivity contribution in [3.8, 4) is 0 Å². The molecule has 4 nitrogen and oxygen atoms in total. The third-order valence-corrected chi connectivity index (χ3v) is 2.88. The Hall–Kier alpha value is -0.680. The third-order valence-electron chi connectivity index (χ3n) is 1.53. The van der Waals surface area contributed by atoms with Crippen LogP contribution in [0.2, 0.25) is 0 Å². The highest BCUT2D eigenvalue weighted by molar-refractivity contribution is 7.99. The van der Waals surface area contributed by atoms with Gasteiger partial charge in [-0.05, 0) is 6.42 Å². The van der Waals surface area contributed by atoms with Crippen LogP contribution in [0.25, 0.3) is 0 Å². The van der Waals surface area contributed by atoms with Crippen molar-refractivity contribution >= 4 is 23.4 Å². The average molecular weight is 234 g/mol. The van der Waals surface area contributed by atoms with Crippen molar-refractivity contribution < 1.29 is 0 Å². The van der Waals surface area contributed by atoms with Crippen LogP contribution in [0, 0.1) is 0 Å². The molecule has 0 aliphatic carbocycles. The molecule has 14 heavy (non-hydrogen) atoms. The van der Waals surface area contributed by atoms with E-state index in [1.165, 1.54) is 11.8 Å². The van der Waals surface area contributed by atoms with Gasteiger partial charge in [-0.15, -0.1) is 5.10 Å². The molecule has 0 aromatic carbocycles. The molecule has 0 atom stereocenters. The van der Waals surface area contributed by atoms with Crippen LogP contribution in [-0.2, 0) is 6.54 Å². The van der Waals surface area contributed by atoms with Crippen LogP contribution in [0.4, 0.5) is 0 Å². The van der Waals surface area contributed by atoms with Gasteiger partial charge in [0.05, 0.1) is 0 Å². The van der Waals surface area contributed by atoms with Gasteiger partial charge in [0.25, 0.3) is 0 Å². The van der Waals surface area contributed by atoms with E-state index in [1.54, 1.807) is 4.57 Å². The molecule has 0 saturated carbocycles. The first-order valence-electron chi connectivity index (χ1n) is 4.26. The Labute approximate surface area is 91.3 Å². The zero-order valence-electron chi connectivity index (χ0n) is 7.92. The van der Waals surface area contributed by atoms with E-state index in [4.69, 9.17) is 11.6 Å². The summed E-state index contributed by atoms with van der Waals surface area (Å²) in [4.78, 5) is 11.3. The van der Waals surface area contributed by atoms with Crippen LogP contribution in [0.3, 0.4) is 0 Å². The molecule has 0 spiro atoms. The number of nitrogens with zero attached hydrogens (tertiary/aromatic N) is 2. The molecule has 0 aliphatic rings. The Morgan fingerprint density at radius 2 is 2.50 bits per heavy atom. The average Bonchev–Trinajstić information content (AvgIpc) is 2.46.